The highest BCUT2D eigenvalue weighted by Gasteiger charge is 2.21. The van der Waals surface area contributed by atoms with E-state index in [1.807, 2.05) is 0 Å². The van der Waals surface area contributed by atoms with Crippen LogP contribution in [0.5, 0.6) is 0 Å². The van der Waals surface area contributed by atoms with Crippen molar-refractivity contribution in [2.45, 2.75) is 72.0 Å². The van der Waals surface area contributed by atoms with Crippen molar-refractivity contribution >= 4 is 24.1 Å². The molecule has 0 aliphatic rings. The molecule has 0 spiro atoms. The second-order valence-electron chi connectivity index (χ2n) is 7.92. The van der Waals surface area contributed by atoms with Crippen molar-refractivity contribution < 1.29 is 24.3 Å². The number of hydrogen-bond acceptors (Lipinski definition) is 7. The lowest BCUT2D eigenvalue weighted by molar-refractivity contribution is 0.0545. The Balaban J connectivity index is 4.67. The lowest BCUT2D eigenvalue weighted by Gasteiger charge is -2.22. The third-order valence-electron chi connectivity index (χ3n) is 2.72. The molecule has 28 heavy (non-hydrogen) atoms. The van der Waals surface area contributed by atoms with Crippen molar-refractivity contribution in [3.63, 3.8) is 0 Å². The number of alkyl carbamates (subject to hydrolysis) is 2. The lowest BCUT2D eigenvalue weighted by atomic mass is 10.2. The molecule has 0 bridgehead atoms. The van der Waals surface area contributed by atoms with Gasteiger partial charge in [-0.05, 0) is 60.8 Å². The van der Waals surface area contributed by atoms with Crippen LogP contribution in [0.1, 0.15) is 60.8 Å². The van der Waals surface area contributed by atoms with Crippen LogP contribution in [0.3, 0.4) is 0 Å². The number of amides is 2. The van der Waals surface area contributed by atoms with Crippen molar-refractivity contribution in [3.05, 3.63) is 0 Å². The first-order valence-corrected chi connectivity index (χ1v) is 9.07. The lowest BCUT2D eigenvalue weighted by Crippen LogP contribution is -2.47. The van der Waals surface area contributed by atoms with Gasteiger partial charge in [-0.1, -0.05) is 0 Å². The van der Waals surface area contributed by atoms with E-state index in [9.17, 15) is 9.59 Å². The Kier molecular flexibility index (Phi) is 10.9. The number of carbonyl (C=O) groups is 2. The van der Waals surface area contributed by atoms with Gasteiger partial charge >= 0.3 is 12.2 Å². The first-order chi connectivity index (χ1) is 12.8. The minimum absolute atomic E-state index is 0.0385. The summed E-state index contributed by atoms with van der Waals surface area (Å²) < 4.78 is 10.3. The van der Waals surface area contributed by atoms with E-state index in [4.69, 9.17) is 20.4 Å². The topological polar surface area (TPSA) is 160 Å². The third kappa shape index (κ3) is 15.7. The number of ether oxygens (including phenoxy) is 2. The van der Waals surface area contributed by atoms with E-state index >= 15 is 0 Å². The molecule has 0 saturated heterocycles. The van der Waals surface area contributed by atoms with Crippen LogP contribution in [-0.2, 0) is 9.47 Å². The molecule has 0 atom stereocenters. The molecule has 0 aromatic rings. The van der Waals surface area contributed by atoms with Crippen LogP contribution < -0.4 is 21.8 Å². The fourth-order valence-electron chi connectivity index (χ4n) is 1.74. The van der Waals surface area contributed by atoms with E-state index in [0.29, 0.717) is 19.5 Å². The van der Waals surface area contributed by atoms with Gasteiger partial charge in [-0.3, -0.25) is 25.8 Å². The Bertz CT molecular complexity index is 531. The summed E-state index contributed by atoms with van der Waals surface area (Å²) in [6.07, 6.45) is 0.758. The molecule has 0 aromatic carbocycles. The minimum atomic E-state index is -0.733. The van der Waals surface area contributed by atoms with Gasteiger partial charge in [-0.25, -0.2) is 15.1 Å². The van der Waals surface area contributed by atoms with E-state index in [2.05, 4.69) is 20.6 Å². The summed E-state index contributed by atoms with van der Waals surface area (Å²) in [6.45, 7) is 11.2. The molecule has 0 unspecified atom stereocenters. The maximum absolute atomic E-state index is 11.9. The quantitative estimate of drug-likeness (QED) is 0.196. The van der Waals surface area contributed by atoms with Gasteiger partial charge in [0, 0.05) is 13.1 Å². The molecule has 2 amide bonds. The largest absolute Gasteiger partial charge is 0.444 e. The van der Waals surface area contributed by atoms with Gasteiger partial charge in [0.15, 0.2) is 0 Å². The molecule has 0 aliphatic heterocycles. The predicted octanol–water partition coefficient (Wildman–Crippen LogP) is 1.86. The smallest absolute Gasteiger partial charge is 0.414 e. The highest BCUT2D eigenvalue weighted by Crippen LogP contribution is 2.07. The number of nitrogens with two attached hydrogens (primary N) is 1. The Hall–Kier alpha value is -2.56. The number of guanidine groups is 2. The molecule has 0 aromatic heterocycles. The minimum Gasteiger partial charge on any atom is -0.444 e. The van der Waals surface area contributed by atoms with Gasteiger partial charge in [0.2, 0.25) is 11.9 Å². The van der Waals surface area contributed by atoms with Crippen molar-refractivity contribution in [2.75, 3.05) is 13.1 Å². The molecule has 0 radical (unpaired) electrons. The molecule has 0 saturated carbocycles. The number of hydrogen-bond donors (Lipinski definition) is 5. The third-order valence-corrected chi connectivity index (χ3v) is 2.72. The van der Waals surface area contributed by atoms with Crippen LogP contribution in [0.25, 0.3) is 0 Å². The highest BCUT2D eigenvalue weighted by atomic mass is 16.6. The number of aliphatic imine (C=N–C) groups is 2. The molecule has 11 nitrogen and oxygen atoms in total. The first-order valence-electron chi connectivity index (χ1n) is 9.07. The Morgan fingerprint density at radius 3 is 1.68 bits per heavy atom. The van der Waals surface area contributed by atoms with Crippen LogP contribution in [0.2, 0.25) is 0 Å². The number of carbonyl (C=O) groups excluding carboxylic acids is 2. The van der Waals surface area contributed by atoms with E-state index < -0.39 is 23.4 Å². The molecule has 0 rings (SSSR count). The summed E-state index contributed by atoms with van der Waals surface area (Å²) in [5.41, 5.74) is 5.67. The number of nitrogens with one attached hydrogen (secondary N) is 3. The first kappa shape index (κ1) is 25.4. The molecular formula is C17H34N6O5. The number of unbranched alkanes of at least 4 members (excludes halogenated alkanes) is 2. The summed E-state index contributed by atoms with van der Waals surface area (Å²) in [7, 11) is 0. The molecule has 0 heterocycles. The van der Waals surface area contributed by atoms with Gasteiger partial charge in [-0.15, -0.1) is 0 Å². The second kappa shape index (κ2) is 12.0. The number of hydroxylamine groups is 1. The summed E-state index contributed by atoms with van der Waals surface area (Å²) in [5, 5.41) is 13.3. The SMILES string of the molecule is CC(C)(C)OC(=O)NC(=NCCCCCN=C(N)NO)NC(=O)OC(C)(C)C. The maximum Gasteiger partial charge on any atom is 0.414 e. The van der Waals surface area contributed by atoms with Gasteiger partial charge in [-0.2, -0.15) is 0 Å². The number of rotatable bonds is 6. The second-order valence-corrected chi connectivity index (χ2v) is 7.92. The summed E-state index contributed by atoms with van der Waals surface area (Å²) >= 11 is 0. The zero-order valence-corrected chi connectivity index (χ0v) is 17.6. The Morgan fingerprint density at radius 2 is 1.29 bits per heavy atom. The maximum atomic E-state index is 11.9. The standard InChI is InChI=1S/C17H34N6O5/c1-16(2,3)27-14(24)21-13(22-15(25)28-17(4,5)6)20-11-9-7-8-10-19-12(18)23-26/h26H,7-11H2,1-6H3,(H3,18,19,23)(H2,20,21,22,24,25). The molecule has 0 fully saturated rings. The van der Waals surface area contributed by atoms with E-state index in [-0.39, 0.29) is 11.9 Å². The van der Waals surface area contributed by atoms with Crippen molar-refractivity contribution in [1.82, 2.24) is 16.1 Å². The van der Waals surface area contributed by atoms with Gasteiger partial charge in [0.25, 0.3) is 0 Å². The molecular weight excluding hydrogens is 368 g/mol. The fraction of sp³-hybridized carbons (Fsp3) is 0.765. The molecule has 6 N–H and O–H groups in total. The van der Waals surface area contributed by atoms with E-state index in [0.717, 1.165) is 12.8 Å². The van der Waals surface area contributed by atoms with Crippen LogP contribution >= 0.6 is 0 Å². The highest BCUT2D eigenvalue weighted by molar-refractivity contribution is 6.01. The van der Waals surface area contributed by atoms with Crippen LogP contribution in [0.4, 0.5) is 9.59 Å². The molecule has 0 aliphatic carbocycles. The molecule has 11 heteroatoms. The fourth-order valence-corrected chi connectivity index (χ4v) is 1.74. The van der Waals surface area contributed by atoms with Crippen molar-refractivity contribution in [1.29, 1.82) is 0 Å². The van der Waals surface area contributed by atoms with Gasteiger partial charge in [0.1, 0.15) is 11.2 Å². The Morgan fingerprint density at radius 1 is 0.857 bits per heavy atom. The Labute approximate surface area is 166 Å². The summed E-state index contributed by atoms with van der Waals surface area (Å²) in [4.78, 5) is 32.0. The summed E-state index contributed by atoms with van der Waals surface area (Å²) in [5.74, 6) is -0.0846. The zero-order chi connectivity index (χ0) is 21.8. The average molecular weight is 402 g/mol. The predicted molar refractivity (Wildman–Crippen MR) is 106 cm³/mol. The number of nitrogens with zero attached hydrogens (tertiary/aromatic N) is 2. The zero-order valence-electron chi connectivity index (χ0n) is 17.6. The average Bonchev–Trinajstić information content (AvgIpc) is 2.49. The monoisotopic (exact) mass is 402 g/mol. The normalized spacial score (nSPS) is 12.0. The van der Waals surface area contributed by atoms with Gasteiger partial charge in [0.05, 0.1) is 0 Å². The van der Waals surface area contributed by atoms with E-state index in [1.165, 1.54) is 0 Å². The summed E-state index contributed by atoms with van der Waals surface area (Å²) in [6, 6.07) is 0. The van der Waals surface area contributed by atoms with Crippen LogP contribution in [-0.4, -0.2) is 53.6 Å². The van der Waals surface area contributed by atoms with Crippen molar-refractivity contribution in [3.8, 4) is 0 Å². The molecule has 162 valence electrons. The van der Waals surface area contributed by atoms with Crippen molar-refractivity contribution in [2.24, 2.45) is 15.7 Å². The van der Waals surface area contributed by atoms with Crippen LogP contribution in [0.15, 0.2) is 9.98 Å². The van der Waals surface area contributed by atoms with Gasteiger partial charge < -0.3 is 15.2 Å². The van der Waals surface area contributed by atoms with E-state index in [1.54, 1.807) is 47.0 Å². The van der Waals surface area contributed by atoms with Crippen LogP contribution in [0, 0.1) is 0 Å².